The number of hydrogen-bond acceptors (Lipinski definition) is 3. The Hall–Kier alpha value is -1.88. The molecule has 5 heteroatoms. The van der Waals surface area contributed by atoms with Crippen LogP contribution in [0.1, 0.15) is 16.6 Å². The van der Waals surface area contributed by atoms with Crippen molar-refractivity contribution in [1.82, 2.24) is 0 Å². The largest absolute Gasteiger partial charge is 0.477 e. The molecule has 0 atom stereocenters. The molecule has 0 unspecified atom stereocenters. The monoisotopic (exact) mass is 265 g/mol. The van der Waals surface area contributed by atoms with Crippen LogP contribution < -0.4 is 4.90 Å². The average molecular weight is 265 g/mol. The van der Waals surface area contributed by atoms with E-state index < -0.39 is 5.97 Å². The summed E-state index contributed by atoms with van der Waals surface area (Å²) >= 11 is 1.18. The molecule has 0 aliphatic rings. The van der Waals surface area contributed by atoms with E-state index in [4.69, 9.17) is 5.11 Å². The Morgan fingerprint density at radius 3 is 2.50 bits per heavy atom. The Bertz CT molecular complexity index is 550. The Balaban J connectivity index is 2.32. The topological polar surface area (TPSA) is 40.5 Å². The van der Waals surface area contributed by atoms with Gasteiger partial charge in [-0.3, -0.25) is 0 Å². The lowest BCUT2D eigenvalue weighted by atomic mass is 10.2. The molecule has 0 aliphatic heterocycles. The fraction of sp³-hybridized carbons (Fsp3) is 0.154. The SMILES string of the molecule is CCN(c1ccc(F)cc1)c1csc(C(=O)O)c1. The van der Waals surface area contributed by atoms with Crippen LogP contribution in [0.2, 0.25) is 0 Å². The van der Waals surface area contributed by atoms with Gasteiger partial charge in [-0.2, -0.15) is 0 Å². The summed E-state index contributed by atoms with van der Waals surface area (Å²) in [5.41, 5.74) is 1.65. The van der Waals surface area contributed by atoms with E-state index in [-0.39, 0.29) is 5.82 Å². The predicted molar refractivity (Wildman–Crippen MR) is 70.4 cm³/mol. The first-order valence-electron chi connectivity index (χ1n) is 5.46. The summed E-state index contributed by atoms with van der Waals surface area (Å²) in [4.78, 5) is 13.1. The van der Waals surface area contributed by atoms with Crippen molar-refractivity contribution in [2.45, 2.75) is 6.92 Å². The van der Waals surface area contributed by atoms with Crippen molar-refractivity contribution in [3.63, 3.8) is 0 Å². The number of rotatable bonds is 4. The third kappa shape index (κ3) is 2.51. The first-order valence-corrected chi connectivity index (χ1v) is 6.34. The normalized spacial score (nSPS) is 10.3. The molecule has 0 spiro atoms. The first-order chi connectivity index (χ1) is 8.61. The number of thiophene rings is 1. The number of carbonyl (C=O) groups is 1. The van der Waals surface area contributed by atoms with Gasteiger partial charge in [-0.15, -0.1) is 11.3 Å². The summed E-state index contributed by atoms with van der Waals surface area (Å²) in [6.07, 6.45) is 0. The standard InChI is InChI=1S/C13H12FNO2S/c1-2-15(10-5-3-9(14)4-6-10)11-7-12(13(16)17)18-8-11/h3-8H,2H2,1H3,(H,16,17). The van der Waals surface area contributed by atoms with Crippen LogP contribution in [0.15, 0.2) is 35.7 Å². The quantitative estimate of drug-likeness (QED) is 0.915. The second kappa shape index (κ2) is 5.18. The minimum atomic E-state index is -0.929. The second-order valence-corrected chi connectivity index (χ2v) is 4.61. The molecule has 0 aliphatic carbocycles. The van der Waals surface area contributed by atoms with E-state index in [2.05, 4.69) is 0 Å². The summed E-state index contributed by atoms with van der Waals surface area (Å²) in [6, 6.07) is 7.76. The number of aromatic carboxylic acids is 1. The zero-order chi connectivity index (χ0) is 13.1. The Morgan fingerprint density at radius 2 is 2.00 bits per heavy atom. The van der Waals surface area contributed by atoms with Gasteiger partial charge in [0.05, 0.1) is 5.69 Å². The highest BCUT2D eigenvalue weighted by molar-refractivity contribution is 7.12. The lowest BCUT2D eigenvalue weighted by Crippen LogP contribution is -2.15. The molecule has 1 N–H and O–H groups in total. The maximum atomic E-state index is 12.9. The molecule has 0 saturated carbocycles. The van der Waals surface area contributed by atoms with Crippen molar-refractivity contribution in [1.29, 1.82) is 0 Å². The molecular weight excluding hydrogens is 253 g/mol. The van der Waals surface area contributed by atoms with Crippen LogP contribution in [0.25, 0.3) is 0 Å². The highest BCUT2D eigenvalue weighted by Crippen LogP contribution is 2.29. The highest BCUT2D eigenvalue weighted by atomic mass is 32.1. The van der Waals surface area contributed by atoms with Crippen LogP contribution in [0, 0.1) is 5.82 Å². The zero-order valence-electron chi connectivity index (χ0n) is 9.76. The molecular formula is C13H12FNO2S. The molecule has 0 bridgehead atoms. The number of hydrogen-bond donors (Lipinski definition) is 1. The van der Waals surface area contributed by atoms with Gasteiger partial charge in [0.15, 0.2) is 0 Å². The van der Waals surface area contributed by atoms with Gasteiger partial charge in [0.1, 0.15) is 10.7 Å². The molecule has 1 aromatic heterocycles. The molecule has 2 rings (SSSR count). The highest BCUT2D eigenvalue weighted by Gasteiger charge is 2.12. The molecule has 94 valence electrons. The van der Waals surface area contributed by atoms with Gasteiger partial charge in [-0.05, 0) is 37.3 Å². The summed E-state index contributed by atoms with van der Waals surface area (Å²) in [5, 5.41) is 10.7. The van der Waals surface area contributed by atoms with Gasteiger partial charge < -0.3 is 10.0 Å². The van der Waals surface area contributed by atoms with Crippen LogP contribution in [0.4, 0.5) is 15.8 Å². The summed E-state index contributed by atoms with van der Waals surface area (Å²) in [6.45, 7) is 2.64. The van der Waals surface area contributed by atoms with Crippen LogP contribution in [0.3, 0.4) is 0 Å². The van der Waals surface area contributed by atoms with Crippen molar-refractivity contribution in [3.05, 3.63) is 46.4 Å². The predicted octanol–water partition coefficient (Wildman–Crippen LogP) is 3.74. The average Bonchev–Trinajstić information content (AvgIpc) is 2.82. The fourth-order valence-corrected chi connectivity index (χ4v) is 2.45. The molecule has 1 aromatic carbocycles. The van der Waals surface area contributed by atoms with Gasteiger partial charge in [0.2, 0.25) is 0 Å². The van der Waals surface area contributed by atoms with Gasteiger partial charge in [-0.1, -0.05) is 0 Å². The minimum Gasteiger partial charge on any atom is -0.477 e. The van der Waals surface area contributed by atoms with Gasteiger partial charge in [0, 0.05) is 17.6 Å². The van der Waals surface area contributed by atoms with E-state index in [0.717, 1.165) is 11.4 Å². The minimum absolute atomic E-state index is 0.286. The molecule has 18 heavy (non-hydrogen) atoms. The molecule has 3 nitrogen and oxygen atoms in total. The van der Waals surface area contributed by atoms with Crippen LogP contribution >= 0.6 is 11.3 Å². The van der Waals surface area contributed by atoms with Crippen molar-refractivity contribution in [2.24, 2.45) is 0 Å². The smallest absolute Gasteiger partial charge is 0.345 e. The van der Waals surface area contributed by atoms with Gasteiger partial charge in [-0.25, -0.2) is 9.18 Å². The van der Waals surface area contributed by atoms with Crippen molar-refractivity contribution in [3.8, 4) is 0 Å². The maximum absolute atomic E-state index is 12.9. The lowest BCUT2D eigenvalue weighted by Gasteiger charge is -2.21. The third-order valence-corrected chi connectivity index (χ3v) is 3.47. The van der Waals surface area contributed by atoms with Crippen molar-refractivity contribution >= 4 is 28.7 Å². The number of nitrogens with zero attached hydrogens (tertiary/aromatic N) is 1. The van der Waals surface area contributed by atoms with E-state index in [9.17, 15) is 9.18 Å². The van der Waals surface area contributed by atoms with E-state index in [1.165, 1.54) is 23.5 Å². The van der Waals surface area contributed by atoms with E-state index in [1.807, 2.05) is 11.8 Å². The van der Waals surface area contributed by atoms with Crippen LogP contribution in [-0.2, 0) is 0 Å². The molecule has 1 heterocycles. The third-order valence-electron chi connectivity index (χ3n) is 2.56. The Kier molecular flexibility index (Phi) is 3.62. The molecule has 0 saturated heterocycles. The van der Waals surface area contributed by atoms with Crippen molar-refractivity contribution in [2.75, 3.05) is 11.4 Å². The Labute approximate surface area is 108 Å². The van der Waals surface area contributed by atoms with E-state index >= 15 is 0 Å². The number of carboxylic acid groups (broad SMARTS) is 1. The van der Waals surface area contributed by atoms with Gasteiger partial charge >= 0.3 is 5.97 Å². The lowest BCUT2D eigenvalue weighted by molar-refractivity contribution is 0.0702. The Morgan fingerprint density at radius 1 is 1.33 bits per heavy atom. The number of anilines is 2. The summed E-state index contributed by atoms with van der Waals surface area (Å²) in [5.74, 6) is -1.22. The number of halogens is 1. The first kappa shape index (κ1) is 12.6. The molecule has 0 fully saturated rings. The maximum Gasteiger partial charge on any atom is 0.345 e. The van der Waals surface area contributed by atoms with Gasteiger partial charge in [0.25, 0.3) is 0 Å². The summed E-state index contributed by atoms with van der Waals surface area (Å²) in [7, 11) is 0. The fourth-order valence-electron chi connectivity index (χ4n) is 1.72. The zero-order valence-corrected chi connectivity index (χ0v) is 10.6. The molecule has 0 amide bonds. The number of carboxylic acids is 1. The summed E-state index contributed by atoms with van der Waals surface area (Å²) < 4.78 is 12.9. The van der Waals surface area contributed by atoms with Crippen LogP contribution in [-0.4, -0.2) is 17.6 Å². The second-order valence-electron chi connectivity index (χ2n) is 3.69. The van der Waals surface area contributed by atoms with E-state index in [0.29, 0.717) is 11.4 Å². The molecule has 2 aromatic rings. The van der Waals surface area contributed by atoms with E-state index in [1.54, 1.807) is 23.6 Å². The van der Waals surface area contributed by atoms with Crippen molar-refractivity contribution < 1.29 is 14.3 Å². The van der Waals surface area contributed by atoms with Crippen LogP contribution in [0.5, 0.6) is 0 Å². The number of benzene rings is 1. The molecule has 0 radical (unpaired) electrons.